The van der Waals surface area contributed by atoms with Crippen LogP contribution in [0.5, 0.6) is 5.75 Å². The molecule has 1 unspecified atom stereocenters. The fraction of sp³-hybridized carbons (Fsp3) is 0.300. The highest BCUT2D eigenvalue weighted by molar-refractivity contribution is 5.94. The maximum atomic E-state index is 12.9. The van der Waals surface area contributed by atoms with Crippen molar-refractivity contribution in [3.8, 4) is 5.75 Å². The first-order valence-electron chi connectivity index (χ1n) is 8.69. The maximum Gasteiger partial charge on any atom is 0.251 e. The Bertz CT molecular complexity index is 778. The normalized spacial score (nSPS) is 12.2. The van der Waals surface area contributed by atoms with Gasteiger partial charge in [-0.1, -0.05) is 12.1 Å². The zero-order valence-electron chi connectivity index (χ0n) is 15.8. The van der Waals surface area contributed by atoms with Gasteiger partial charge in [0, 0.05) is 26.2 Å². The van der Waals surface area contributed by atoms with Crippen molar-refractivity contribution < 1.29 is 13.9 Å². The van der Waals surface area contributed by atoms with Gasteiger partial charge in [-0.2, -0.15) is 0 Å². The quantitative estimate of drug-likeness (QED) is 0.515. The summed E-state index contributed by atoms with van der Waals surface area (Å²) >= 11 is 0. The number of ether oxygens (including phenoxy) is 1. The molecule has 2 aromatic carbocycles. The van der Waals surface area contributed by atoms with Gasteiger partial charge in [-0.05, 0) is 48.9 Å². The molecule has 3 N–H and O–H groups in total. The van der Waals surface area contributed by atoms with Crippen LogP contribution in [-0.4, -0.2) is 38.6 Å². The predicted molar refractivity (Wildman–Crippen MR) is 105 cm³/mol. The van der Waals surface area contributed by atoms with E-state index in [0.717, 1.165) is 5.56 Å². The Morgan fingerprint density at radius 3 is 2.59 bits per heavy atom. The van der Waals surface area contributed by atoms with Gasteiger partial charge in [0.05, 0.1) is 6.54 Å². The van der Waals surface area contributed by atoms with Gasteiger partial charge in [0.25, 0.3) is 5.91 Å². The predicted octanol–water partition coefficient (Wildman–Crippen LogP) is 2.32. The average molecular weight is 372 g/mol. The Morgan fingerprint density at radius 2 is 1.93 bits per heavy atom. The Balaban J connectivity index is 1.82. The molecule has 0 saturated carbocycles. The fourth-order valence-corrected chi connectivity index (χ4v) is 2.40. The highest BCUT2D eigenvalue weighted by Crippen LogP contribution is 2.12. The van der Waals surface area contributed by atoms with Crippen molar-refractivity contribution in [2.24, 2.45) is 4.99 Å². The Morgan fingerprint density at radius 1 is 1.19 bits per heavy atom. The number of guanidine groups is 1. The number of hydrogen-bond acceptors (Lipinski definition) is 3. The topological polar surface area (TPSA) is 74.8 Å². The first-order valence-corrected chi connectivity index (χ1v) is 8.69. The van der Waals surface area contributed by atoms with E-state index in [2.05, 4.69) is 20.9 Å². The Hall–Kier alpha value is -3.09. The molecule has 6 nitrogen and oxygen atoms in total. The van der Waals surface area contributed by atoms with E-state index < -0.39 is 0 Å². The highest BCUT2D eigenvalue weighted by Gasteiger charge is 2.07. The summed E-state index contributed by atoms with van der Waals surface area (Å²) in [6.07, 6.45) is -0.134. The van der Waals surface area contributed by atoms with Gasteiger partial charge in [0.2, 0.25) is 0 Å². The minimum absolute atomic E-state index is 0.119. The molecular weight excluding hydrogens is 347 g/mol. The molecule has 0 bridgehead atoms. The number of amides is 1. The van der Waals surface area contributed by atoms with E-state index in [-0.39, 0.29) is 17.8 Å². The van der Waals surface area contributed by atoms with E-state index in [1.165, 1.54) is 12.1 Å². The molecule has 144 valence electrons. The number of aliphatic imine (C=N–C) groups is 1. The number of benzene rings is 2. The van der Waals surface area contributed by atoms with E-state index in [1.807, 2.05) is 25.1 Å². The van der Waals surface area contributed by atoms with Crippen LogP contribution in [-0.2, 0) is 6.54 Å². The van der Waals surface area contributed by atoms with Gasteiger partial charge in [-0.25, -0.2) is 4.39 Å². The lowest BCUT2D eigenvalue weighted by atomic mass is 10.1. The summed E-state index contributed by atoms with van der Waals surface area (Å²) in [7, 11) is 3.29. The SMILES string of the molecule is CN=C(NCc1cccc(C(=O)NC)c1)NCC(C)Oc1ccc(F)cc1. The van der Waals surface area contributed by atoms with Crippen LogP contribution < -0.4 is 20.7 Å². The number of carbonyl (C=O) groups excluding carboxylic acids is 1. The molecule has 27 heavy (non-hydrogen) atoms. The fourth-order valence-electron chi connectivity index (χ4n) is 2.40. The summed E-state index contributed by atoms with van der Waals surface area (Å²) in [5, 5.41) is 8.99. The van der Waals surface area contributed by atoms with Crippen LogP contribution >= 0.6 is 0 Å². The van der Waals surface area contributed by atoms with Crippen molar-refractivity contribution in [1.29, 1.82) is 0 Å². The number of halogens is 1. The molecule has 0 spiro atoms. The molecule has 0 aromatic heterocycles. The van der Waals surface area contributed by atoms with Crippen LogP contribution in [0.3, 0.4) is 0 Å². The zero-order valence-corrected chi connectivity index (χ0v) is 15.8. The molecule has 2 aromatic rings. The van der Waals surface area contributed by atoms with Crippen molar-refractivity contribution >= 4 is 11.9 Å². The van der Waals surface area contributed by atoms with Gasteiger partial charge in [0.1, 0.15) is 17.7 Å². The number of hydrogen-bond donors (Lipinski definition) is 3. The minimum Gasteiger partial charge on any atom is -0.489 e. The largest absolute Gasteiger partial charge is 0.489 e. The first kappa shape index (κ1) is 20.2. The van der Waals surface area contributed by atoms with Crippen LogP contribution in [0, 0.1) is 5.82 Å². The lowest BCUT2D eigenvalue weighted by Crippen LogP contribution is -2.41. The molecule has 7 heteroatoms. The summed E-state index contributed by atoms with van der Waals surface area (Å²) in [6, 6.07) is 13.3. The van der Waals surface area contributed by atoms with Crippen molar-refractivity contribution in [2.75, 3.05) is 20.6 Å². The van der Waals surface area contributed by atoms with E-state index in [1.54, 1.807) is 32.3 Å². The van der Waals surface area contributed by atoms with Crippen LogP contribution in [0.15, 0.2) is 53.5 Å². The third kappa shape index (κ3) is 6.62. The van der Waals surface area contributed by atoms with Crippen LogP contribution in [0.25, 0.3) is 0 Å². The number of nitrogens with one attached hydrogen (secondary N) is 3. The summed E-state index contributed by atoms with van der Waals surface area (Å²) in [4.78, 5) is 15.9. The maximum absolute atomic E-state index is 12.9. The van der Waals surface area contributed by atoms with Crippen molar-refractivity contribution in [3.63, 3.8) is 0 Å². The van der Waals surface area contributed by atoms with E-state index in [4.69, 9.17) is 4.74 Å². The lowest BCUT2D eigenvalue weighted by molar-refractivity contribution is 0.0963. The van der Waals surface area contributed by atoms with E-state index >= 15 is 0 Å². The molecule has 0 aliphatic rings. The van der Waals surface area contributed by atoms with Gasteiger partial charge >= 0.3 is 0 Å². The molecular formula is C20H25FN4O2. The monoisotopic (exact) mass is 372 g/mol. The van der Waals surface area contributed by atoms with Crippen molar-refractivity contribution in [3.05, 3.63) is 65.5 Å². The minimum atomic E-state index is -0.293. The number of rotatable bonds is 7. The summed E-state index contributed by atoms with van der Waals surface area (Å²) in [6.45, 7) is 2.96. The van der Waals surface area contributed by atoms with E-state index in [9.17, 15) is 9.18 Å². The molecule has 0 aliphatic carbocycles. The third-order valence-electron chi connectivity index (χ3n) is 3.81. The molecule has 1 atom stereocenters. The first-order chi connectivity index (χ1) is 13.0. The smallest absolute Gasteiger partial charge is 0.251 e. The standard InChI is InChI=1S/C20H25FN4O2/c1-14(27-18-9-7-17(21)8-10-18)12-24-20(23-3)25-13-15-5-4-6-16(11-15)19(26)22-2/h4-11,14H,12-13H2,1-3H3,(H,22,26)(H2,23,24,25). The zero-order chi connectivity index (χ0) is 19.6. The molecule has 0 saturated heterocycles. The molecule has 1 amide bonds. The Labute approximate surface area is 158 Å². The lowest BCUT2D eigenvalue weighted by Gasteiger charge is -2.18. The third-order valence-corrected chi connectivity index (χ3v) is 3.81. The highest BCUT2D eigenvalue weighted by atomic mass is 19.1. The Kier molecular flexibility index (Phi) is 7.61. The van der Waals surface area contributed by atoms with Gasteiger partial charge in [0.15, 0.2) is 5.96 Å². The summed E-state index contributed by atoms with van der Waals surface area (Å²) in [5.41, 5.74) is 1.58. The summed E-state index contributed by atoms with van der Waals surface area (Å²) < 4.78 is 18.6. The second-order valence-corrected chi connectivity index (χ2v) is 5.97. The summed E-state index contributed by atoms with van der Waals surface area (Å²) in [5.74, 6) is 0.818. The number of nitrogens with zero attached hydrogens (tertiary/aromatic N) is 1. The van der Waals surface area contributed by atoms with Crippen LogP contribution in [0.1, 0.15) is 22.8 Å². The van der Waals surface area contributed by atoms with Gasteiger partial charge in [-0.15, -0.1) is 0 Å². The van der Waals surface area contributed by atoms with Crippen LogP contribution in [0.2, 0.25) is 0 Å². The molecule has 0 fully saturated rings. The average Bonchev–Trinajstić information content (AvgIpc) is 2.69. The second-order valence-electron chi connectivity index (χ2n) is 5.97. The van der Waals surface area contributed by atoms with Crippen molar-refractivity contribution in [2.45, 2.75) is 19.6 Å². The number of carbonyl (C=O) groups is 1. The van der Waals surface area contributed by atoms with Gasteiger partial charge in [-0.3, -0.25) is 9.79 Å². The second kappa shape index (κ2) is 10.2. The van der Waals surface area contributed by atoms with Crippen LogP contribution in [0.4, 0.5) is 4.39 Å². The van der Waals surface area contributed by atoms with E-state index in [0.29, 0.717) is 30.4 Å². The van der Waals surface area contributed by atoms with Crippen molar-refractivity contribution in [1.82, 2.24) is 16.0 Å². The molecule has 0 aliphatic heterocycles. The molecule has 2 rings (SSSR count). The molecule has 0 radical (unpaired) electrons. The molecule has 0 heterocycles. The van der Waals surface area contributed by atoms with Gasteiger partial charge < -0.3 is 20.7 Å².